The van der Waals surface area contributed by atoms with Crippen molar-refractivity contribution in [2.45, 2.75) is 13.3 Å². The number of carbonyl (C=O) groups excluding carboxylic acids is 1. The summed E-state index contributed by atoms with van der Waals surface area (Å²) in [5, 5.41) is 8.00. The smallest absolute Gasteiger partial charge is 0.274 e. The van der Waals surface area contributed by atoms with Crippen LogP contribution < -0.4 is 15.6 Å². The molecule has 2 aromatic carbocycles. The van der Waals surface area contributed by atoms with Gasteiger partial charge in [0.2, 0.25) is 0 Å². The van der Waals surface area contributed by atoms with Crippen LogP contribution in [0.5, 0.6) is 5.75 Å². The number of aromatic nitrogens is 2. The number of hydrogen-bond acceptors (Lipinski definition) is 4. The summed E-state index contributed by atoms with van der Waals surface area (Å²) in [6.07, 6.45) is 0.670. The topological polar surface area (TPSA) is 73.2 Å². The first-order valence-electron chi connectivity index (χ1n) is 8.50. The fourth-order valence-electron chi connectivity index (χ4n) is 2.72. The van der Waals surface area contributed by atoms with Gasteiger partial charge in [-0.05, 0) is 37.1 Å². The highest BCUT2D eigenvalue weighted by atomic mass is 16.5. The van der Waals surface area contributed by atoms with Crippen LogP contribution in [0.4, 0.5) is 0 Å². The molecule has 6 nitrogen and oxygen atoms in total. The number of carbonyl (C=O) groups is 1. The minimum Gasteiger partial charge on any atom is -0.494 e. The number of rotatable bonds is 6. The maximum Gasteiger partial charge on any atom is 0.274 e. The monoisotopic (exact) mass is 351 g/mol. The highest BCUT2D eigenvalue weighted by molar-refractivity contribution is 6.04. The van der Waals surface area contributed by atoms with Gasteiger partial charge in [0.05, 0.1) is 12.0 Å². The summed E-state index contributed by atoms with van der Waals surface area (Å²) in [4.78, 5) is 24.6. The van der Waals surface area contributed by atoms with E-state index in [0.717, 1.165) is 11.3 Å². The second-order valence-corrected chi connectivity index (χ2v) is 6.10. The highest BCUT2D eigenvalue weighted by Crippen LogP contribution is 2.13. The van der Waals surface area contributed by atoms with Crippen LogP contribution in [0.3, 0.4) is 0 Å². The molecule has 3 rings (SSSR count). The number of amides is 1. The summed E-state index contributed by atoms with van der Waals surface area (Å²) in [7, 11) is 1.54. The maximum absolute atomic E-state index is 12.5. The van der Waals surface area contributed by atoms with Crippen molar-refractivity contribution in [1.29, 1.82) is 0 Å². The summed E-state index contributed by atoms with van der Waals surface area (Å²) in [6, 6.07) is 14.8. The Hall–Kier alpha value is -3.15. The van der Waals surface area contributed by atoms with E-state index in [9.17, 15) is 9.59 Å². The fraction of sp³-hybridized carbons (Fsp3) is 0.250. The van der Waals surface area contributed by atoms with E-state index in [1.165, 1.54) is 4.68 Å². The standard InChI is InChI=1S/C20H21N3O3/c1-14-7-5-8-15(13-14)26-12-6-11-21-19(24)18-16-9-3-4-10-17(16)20(25)23(2)22-18/h3-5,7-10,13H,6,11-12H2,1-2H3,(H,21,24). The normalized spacial score (nSPS) is 10.7. The summed E-state index contributed by atoms with van der Waals surface area (Å²) in [5.41, 5.74) is 1.18. The fourth-order valence-corrected chi connectivity index (χ4v) is 2.72. The third-order valence-corrected chi connectivity index (χ3v) is 4.04. The van der Waals surface area contributed by atoms with E-state index in [1.54, 1.807) is 31.3 Å². The van der Waals surface area contributed by atoms with Crippen LogP contribution in [-0.2, 0) is 7.05 Å². The average molecular weight is 351 g/mol. The molecule has 0 saturated heterocycles. The molecule has 0 spiro atoms. The molecule has 26 heavy (non-hydrogen) atoms. The van der Waals surface area contributed by atoms with E-state index in [0.29, 0.717) is 30.3 Å². The van der Waals surface area contributed by atoms with Gasteiger partial charge >= 0.3 is 0 Å². The Kier molecular flexibility index (Phi) is 5.31. The largest absolute Gasteiger partial charge is 0.494 e. The second-order valence-electron chi connectivity index (χ2n) is 6.10. The van der Waals surface area contributed by atoms with E-state index in [4.69, 9.17) is 4.74 Å². The van der Waals surface area contributed by atoms with Gasteiger partial charge in [0, 0.05) is 19.0 Å². The molecule has 0 aliphatic heterocycles. The van der Waals surface area contributed by atoms with Crippen LogP contribution in [0.2, 0.25) is 0 Å². The number of aryl methyl sites for hydroxylation is 2. The van der Waals surface area contributed by atoms with Crippen LogP contribution in [-0.4, -0.2) is 28.8 Å². The Morgan fingerprint density at radius 2 is 1.92 bits per heavy atom. The number of nitrogens with zero attached hydrogens (tertiary/aromatic N) is 2. The number of ether oxygens (including phenoxy) is 1. The molecule has 0 atom stereocenters. The number of benzene rings is 2. The number of fused-ring (bicyclic) bond motifs is 1. The quantitative estimate of drug-likeness (QED) is 0.692. The van der Waals surface area contributed by atoms with Gasteiger partial charge in [-0.15, -0.1) is 0 Å². The molecule has 0 aliphatic rings. The van der Waals surface area contributed by atoms with E-state index in [-0.39, 0.29) is 17.2 Å². The summed E-state index contributed by atoms with van der Waals surface area (Å²) < 4.78 is 6.86. The van der Waals surface area contributed by atoms with Crippen LogP contribution in [0.1, 0.15) is 22.5 Å². The SMILES string of the molecule is Cc1cccc(OCCCNC(=O)c2nn(C)c(=O)c3ccccc23)c1. The molecule has 0 fully saturated rings. The van der Waals surface area contributed by atoms with E-state index >= 15 is 0 Å². The Morgan fingerprint density at radius 3 is 2.69 bits per heavy atom. The number of hydrogen-bond donors (Lipinski definition) is 1. The minimum atomic E-state index is -0.299. The van der Waals surface area contributed by atoms with Crippen molar-refractivity contribution in [3.05, 3.63) is 70.1 Å². The van der Waals surface area contributed by atoms with Crippen LogP contribution in [0.25, 0.3) is 10.8 Å². The van der Waals surface area contributed by atoms with Gasteiger partial charge in [-0.1, -0.05) is 30.3 Å². The lowest BCUT2D eigenvalue weighted by molar-refractivity contribution is 0.0946. The molecular weight excluding hydrogens is 330 g/mol. The molecular formula is C20H21N3O3. The van der Waals surface area contributed by atoms with Crippen molar-refractivity contribution in [2.24, 2.45) is 7.05 Å². The van der Waals surface area contributed by atoms with Gasteiger partial charge < -0.3 is 10.1 Å². The molecule has 1 heterocycles. The lowest BCUT2D eigenvalue weighted by atomic mass is 10.1. The lowest BCUT2D eigenvalue weighted by Gasteiger charge is -2.10. The third-order valence-electron chi connectivity index (χ3n) is 4.04. The van der Waals surface area contributed by atoms with Gasteiger partial charge in [0.25, 0.3) is 11.5 Å². The predicted molar refractivity (Wildman–Crippen MR) is 101 cm³/mol. The second kappa shape index (κ2) is 7.82. The molecule has 0 bridgehead atoms. The van der Waals surface area contributed by atoms with E-state index in [2.05, 4.69) is 10.4 Å². The van der Waals surface area contributed by atoms with Gasteiger partial charge in [-0.2, -0.15) is 5.10 Å². The van der Waals surface area contributed by atoms with Gasteiger partial charge in [0.1, 0.15) is 5.75 Å². The summed E-state index contributed by atoms with van der Waals surface area (Å²) in [6.45, 7) is 2.98. The van der Waals surface area contributed by atoms with E-state index in [1.807, 2.05) is 31.2 Å². The highest BCUT2D eigenvalue weighted by Gasteiger charge is 2.14. The van der Waals surface area contributed by atoms with Gasteiger partial charge in [-0.25, -0.2) is 4.68 Å². The number of nitrogens with one attached hydrogen (secondary N) is 1. The lowest BCUT2D eigenvalue weighted by Crippen LogP contribution is -2.30. The third kappa shape index (κ3) is 3.91. The zero-order valence-electron chi connectivity index (χ0n) is 14.9. The van der Waals surface area contributed by atoms with Crippen LogP contribution >= 0.6 is 0 Å². The summed E-state index contributed by atoms with van der Waals surface area (Å²) in [5.74, 6) is 0.523. The average Bonchev–Trinajstić information content (AvgIpc) is 2.64. The molecule has 0 aliphatic carbocycles. The molecule has 0 radical (unpaired) electrons. The molecule has 134 valence electrons. The minimum absolute atomic E-state index is 0.219. The Balaban J connectivity index is 1.60. The van der Waals surface area contributed by atoms with Crippen LogP contribution in [0.15, 0.2) is 53.3 Å². The molecule has 0 unspecified atom stereocenters. The van der Waals surface area contributed by atoms with Crippen LogP contribution in [0, 0.1) is 6.92 Å². The first-order valence-corrected chi connectivity index (χ1v) is 8.50. The van der Waals surface area contributed by atoms with E-state index < -0.39 is 0 Å². The molecule has 1 aromatic heterocycles. The molecule has 1 amide bonds. The Morgan fingerprint density at radius 1 is 1.15 bits per heavy atom. The van der Waals surface area contributed by atoms with Crippen molar-refractivity contribution in [1.82, 2.24) is 15.1 Å². The van der Waals surface area contributed by atoms with Gasteiger partial charge in [0.15, 0.2) is 5.69 Å². The molecule has 6 heteroatoms. The van der Waals surface area contributed by atoms with Crippen molar-refractivity contribution in [3.8, 4) is 5.75 Å². The first-order chi connectivity index (χ1) is 12.6. The predicted octanol–water partition coefficient (Wildman–Crippen LogP) is 2.44. The maximum atomic E-state index is 12.5. The summed E-state index contributed by atoms with van der Waals surface area (Å²) >= 11 is 0. The van der Waals surface area contributed by atoms with Gasteiger partial charge in [-0.3, -0.25) is 9.59 Å². The molecule has 0 saturated carbocycles. The Bertz CT molecular complexity index is 995. The van der Waals surface area contributed by atoms with Crippen molar-refractivity contribution >= 4 is 16.7 Å². The van der Waals surface area contributed by atoms with Crippen molar-refractivity contribution in [2.75, 3.05) is 13.2 Å². The molecule has 1 N–H and O–H groups in total. The van der Waals surface area contributed by atoms with Crippen molar-refractivity contribution < 1.29 is 9.53 Å². The zero-order valence-corrected chi connectivity index (χ0v) is 14.9. The Labute approximate surface area is 151 Å². The first kappa shape index (κ1) is 17.7. The molecule has 3 aromatic rings. The zero-order chi connectivity index (χ0) is 18.5. The van der Waals surface area contributed by atoms with Crippen molar-refractivity contribution in [3.63, 3.8) is 0 Å².